The quantitative estimate of drug-likeness (QED) is 0.923. The van der Waals surface area contributed by atoms with Crippen molar-refractivity contribution in [1.29, 1.82) is 0 Å². The van der Waals surface area contributed by atoms with Gasteiger partial charge in [-0.25, -0.2) is 0 Å². The first kappa shape index (κ1) is 15.6. The van der Waals surface area contributed by atoms with Gasteiger partial charge in [-0.3, -0.25) is 4.79 Å². The molecule has 0 aromatic heterocycles. The maximum Gasteiger partial charge on any atom is 0.228 e. The standard InChI is InChI=1S/C20H24N2O/c1-15-12-16(2)14-18(13-15)21-10-9-20(23)22-11-5-7-17-6-3-4-8-19(17)22/h3-4,6,8,12-14,21H,5,7,9-11H2,1-2H3. The maximum absolute atomic E-state index is 12.6. The topological polar surface area (TPSA) is 32.3 Å². The number of hydrogen-bond donors (Lipinski definition) is 1. The van der Waals surface area contributed by atoms with Crippen molar-refractivity contribution in [2.75, 3.05) is 23.3 Å². The molecule has 0 saturated heterocycles. The molecule has 120 valence electrons. The van der Waals surface area contributed by atoms with Gasteiger partial charge in [0.1, 0.15) is 0 Å². The van der Waals surface area contributed by atoms with Crippen LogP contribution >= 0.6 is 0 Å². The van der Waals surface area contributed by atoms with Crippen molar-refractivity contribution in [3.63, 3.8) is 0 Å². The van der Waals surface area contributed by atoms with E-state index in [0.717, 1.165) is 30.8 Å². The van der Waals surface area contributed by atoms with Crippen LogP contribution in [0.2, 0.25) is 0 Å². The number of para-hydroxylation sites is 1. The average Bonchev–Trinajstić information content (AvgIpc) is 2.53. The second-order valence-corrected chi connectivity index (χ2v) is 6.33. The lowest BCUT2D eigenvalue weighted by atomic mass is 10.0. The molecule has 3 nitrogen and oxygen atoms in total. The summed E-state index contributed by atoms with van der Waals surface area (Å²) in [5.74, 6) is 0.203. The molecule has 0 saturated carbocycles. The highest BCUT2D eigenvalue weighted by molar-refractivity contribution is 5.94. The minimum Gasteiger partial charge on any atom is -0.385 e. The van der Waals surface area contributed by atoms with E-state index in [1.807, 2.05) is 11.0 Å². The van der Waals surface area contributed by atoms with Crippen molar-refractivity contribution in [3.05, 3.63) is 59.2 Å². The van der Waals surface area contributed by atoms with Gasteiger partial charge in [-0.1, -0.05) is 24.3 Å². The molecule has 1 heterocycles. The minimum absolute atomic E-state index is 0.203. The van der Waals surface area contributed by atoms with E-state index in [4.69, 9.17) is 0 Å². The number of fused-ring (bicyclic) bond motifs is 1. The van der Waals surface area contributed by atoms with Crippen molar-refractivity contribution in [2.45, 2.75) is 33.1 Å². The van der Waals surface area contributed by atoms with Crippen LogP contribution in [-0.2, 0) is 11.2 Å². The monoisotopic (exact) mass is 308 g/mol. The SMILES string of the molecule is Cc1cc(C)cc(NCCC(=O)N2CCCc3ccccc32)c1. The smallest absolute Gasteiger partial charge is 0.228 e. The fourth-order valence-electron chi connectivity index (χ4n) is 3.32. The summed E-state index contributed by atoms with van der Waals surface area (Å²) in [7, 11) is 0. The molecular formula is C20H24N2O. The summed E-state index contributed by atoms with van der Waals surface area (Å²) in [6.45, 7) is 5.68. The normalized spacial score (nSPS) is 13.6. The molecule has 3 rings (SSSR count). The highest BCUT2D eigenvalue weighted by atomic mass is 16.2. The Bertz CT molecular complexity index is 688. The molecule has 1 aliphatic heterocycles. The number of amides is 1. The van der Waals surface area contributed by atoms with Crippen molar-refractivity contribution in [2.24, 2.45) is 0 Å². The Balaban J connectivity index is 1.60. The Labute approximate surface area is 138 Å². The van der Waals surface area contributed by atoms with Crippen LogP contribution < -0.4 is 10.2 Å². The van der Waals surface area contributed by atoms with Crippen LogP contribution in [-0.4, -0.2) is 19.0 Å². The number of carbonyl (C=O) groups is 1. The molecule has 23 heavy (non-hydrogen) atoms. The number of benzene rings is 2. The third kappa shape index (κ3) is 3.73. The minimum atomic E-state index is 0.203. The molecule has 2 aromatic carbocycles. The summed E-state index contributed by atoms with van der Waals surface area (Å²) in [6.07, 6.45) is 2.63. The lowest BCUT2D eigenvalue weighted by Crippen LogP contribution is -2.36. The van der Waals surface area contributed by atoms with Crippen molar-refractivity contribution in [3.8, 4) is 0 Å². The van der Waals surface area contributed by atoms with E-state index in [1.54, 1.807) is 0 Å². The van der Waals surface area contributed by atoms with E-state index in [-0.39, 0.29) is 5.91 Å². The number of aryl methyl sites for hydroxylation is 3. The van der Waals surface area contributed by atoms with E-state index < -0.39 is 0 Å². The van der Waals surface area contributed by atoms with Gasteiger partial charge < -0.3 is 10.2 Å². The number of rotatable bonds is 4. The molecular weight excluding hydrogens is 284 g/mol. The summed E-state index contributed by atoms with van der Waals surface area (Å²) < 4.78 is 0. The third-order valence-electron chi connectivity index (χ3n) is 4.30. The van der Waals surface area contributed by atoms with Crippen LogP contribution in [0.1, 0.15) is 29.5 Å². The zero-order valence-corrected chi connectivity index (χ0v) is 13.9. The van der Waals surface area contributed by atoms with E-state index in [1.165, 1.54) is 16.7 Å². The molecule has 0 fully saturated rings. The molecule has 1 amide bonds. The molecule has 2 aromatic rings. The van der Waals surface area contributed by atoms with Gasteiger partial charge in [0.25, 0.3) is 0 Å². The first-order chi connectivity index (χ1) is 11.1. The van der Waals surface area contributed by atoms with E-state index in [2.05, 4.69) is 55.6 Å². The molecule has 0 bridgehead atoms. The Morgan fingerprint density at radius 2 is 1.87 bits per heavy atom. The predicted molar refractivity (Wildman–Crippen MR) is 96.1 cm³/mol. The molecule has 1 aliphatic rings. The van der Waals surface area contributed by atoms with Gasteiger partial charge in [0.05, 0.1) is 0 Å². The van der Waals surface area contributed by atoms with Crippen LogP contribution in [0.5, 0.6) is 0 Å². The Morgan fingerprint density at radius 1 is 1.13 bits per heavy atom. The van der Waals surface area contributed by atoms with Crippen LogP contribution in [0, 0.1) is 13.8 Å². The van der Waals surface area contributed by atoms with Crippen LogP contribution in [0.3, 0.4) is 0 Å². The molecule has 0 unspecified atom stereocenters. The summed E-state index contributed by atoms with van der Waals surface area (Å²) in [5, 5.41) is 3.37. The maximum atomic E-state index is 12.6. The van der Waals surface area contributed by atoms with Gasteiger partial charge in [-0.2, -0.15) is 0 Å². The van der Waals surface area contributed by atoms with E-state index in [0.29, 0.717) is 13.0 Å². The molecule has 0 radical (unpaired) electrons. The predicted octanol–water partition coefficient (Wildman–Crippen LogP) is 4.08. The van der Waals surface area contributed by atoms with Crippen molar-refractivity contribution < 1.29 is 4.79 Å². The lowest BCUT2D eigenvalue weighted by molar-refractivity contribution is -0.118. The third-order valence-corrected chi connectivity index (χ3v) is 4.30. The van der Waals surface area contributed by atoms with Gasteiger partial charge in [0, 0.05) is 30.9 Å². The molecule has 0 spiro atoms. The fraction of sp³-hybridized carbons (Fsp3) is 0.350. The first-order valence-corrected chi connectivity index (χ1v) is 8.34. The summed E-state index contributed by atoms with van der Waals surface area (Å²) >= 11 is 0. The highest BCUT2D eigenvalue weighted by Crippen LogP contribution is 2.27. The zero-order chi connectivity index (χ0) is 16.2. The number of carbonyl (C=O) groups excluding carboxylic acids is 1. The number of nitrogens with zero attached hydrogens (tertiary/aromatic N) is 1. The van der Waals surface area contributed by atoms with Crippen molar-refractivity contribution >= 4 is 17.3 Å². The highest BCUT2D eigenvalue weighted by Gasteiger charge is 2.21. The second kappa shape index (κ2) is 6.86. The summed E-state index contributed by atoms with van der Waals surface area (Å²) in [5.41, 5.74) is 5.95. The molecule has 1 N–H and O–H groups in total. The molecule has 0 atom stereocenters. The van der Waals surface area contributed by atoms with Gasteiger partial charge in [0.2, 0.25) is 5.91 Å². The number of nitrogens with one attached hydrogen (secondary N) is 1. The summed E-state index contributed by atoms with van der Waals surface area (Å²) in [6, 6.07) is 14.6. The van der Waals surface area contributed by atoms with E-state index >= 15 is 0 Å². The van der Waals surface area contributed by atoms with Crippen LogP contribution in [0.25, 0.3) is 0 Å². The zero-order valence-electron chi connectivity index (χ0n) is 13.9. The number of hydrogen-bond acceptors (Lipinski definition) is 2. The Hall–Kier alpha value is -2.29. The largest absolute Gasteiger partial charge is 0.385 e. The molecule has 0 aliphatic carbocycles. The Kier molecular flexibility index (Phi) is 4.65. The second-order valence-electron chi connectivity index (χ2n) is 6.33. The number of anilines is 2. The van der Waals surface area contributed by atoms with Crippen molar-refractivity contribution in [1.82, 2.24) is 0 Å². The average molecular weight is 308 g/mol. The summed E-state index contributed by atoms with van der Waals surface area (Å²) in [4.78, 5) is 14.5. The van der Waals surface area contributed by atoms with E-state index in [9.17, 15) is 4.79 Å². The lowest BCUT2D eigenvalue weighted by Gasteiger charge is -2.29. The Morgan fingerprint density at radius 3 is 2.65 bits per heavy atom. The fourth-order valence-corrected chi connectivity index (χ4v) is 3.32. The van der Waals surface area contributed by atoms with Gasteiger partial charge in [0.15, 0.2) is 0 Å². The van der Waals surface area contributed by atoms with Crippen LogP contribution in [0.4, 0.5) is 11.4 Å². The van der Waals surface area contributed by atoms with Gasteiger partial charge in [-0.05, 0) is 61.6 Å². The van der Waals surface area contributed by atoms with Crippen LogP contribution in [0.15, 0.2) is 42.5 Å². The van der Waals surface area contributed by atoms with Gasteiger partial charge in [-0.15, -0.1) is 0 Å². The molecule has 3 heteroatoms. The first-order valence-electron chi connectivity index (χ1n) is 8.34. The van der Waals surface area contributed by atoms with Gasteiger partial charge >= 0.3 is 0 Å².